The van der Waals surface area contributed by atoms with Gasteiger partial charge in [0.05, 0.1) is 6.10 Å². The Morgan fingerprint density at radius 2 is 1.94 bits per heavy atom. The molecule has 0 aliphatic rings. The molecule has 0 radical (unpaired) electrons. The molecule has 0 aliphatic heterocycles. The zero-order chi connectivity index (χ0) is 12.8. The first kappa shape index (κ1) is 14.8. The fourth-order valence-electron chi connectivity index (χ4n) is 2.05. The van der Waals surface area contributed by atoms with Crippen molar-refractivity contribution in [1.29, 1.82) is 0 Å². The Bertz CT molecular complexity index is 352. The summed E-state index contributed by atoms with van der Waals surface area (Å²) < 4.78 is 0. The van der Waals surface area contributed by atoms with Crippen molar-refractivity contribution in [2.24, 2.45) is 5.92 Å². The van der Waals surface area contributed by atoms with Gasteiger partial charge in [0.1, 0.15) is 0 Å². The minimum Gasteiger partial charge on any atom is -0.388 e. The van der Waals surface area contributed by atoms with Gasteiger partial charge in [0.25, 0.3) is 0 Å². The average Bonchev–Trinajstić information content (AvgIpc) is 2.29. The summed E-state index contributed by atoms with van der Waals surface area (Å²) >= 11 is 12.0. The molecule has 1 nitrogen and oxygen atoms in total. The second-order valence-electron chi connectivity index (χ2n) is 4.42. The molecule has 1 aromatic carbocycles. The lowest BCUT2D eigenvalue weighted by molar-refractivity contribution is 0.0990. The van der Waals surface area contributed by atoms with Crippen LogP contribution in [0.3, 0.4) is 0 Å². The van der Waals surface area contributed by atoms with E-state index in [9.17, 15) is 5.11 Å². The molecule has 1 aromatic rings. The number of hydrogen-bond acceptors (Lipinski definition) is 1. The maximum atomic E-state index is 10.4. The van der Waals surface area contributed by atoms with Crippen molar-refractivity contribution in [2.75, 3.05) is 0 Å². The predicted molar refractivity (Wildman–Crippen MR) is 74.7 cm³/mol. The number of aliphatic hydroxyl groups is 1. The molecule has 0 aliphatic carbocycles. The first-order valence-corrected chi connectivity index (χ1v) is 6.98. The van der Waals surface area contributed by atoms with Crippen LogP contribution >= 0.6 is 23.2 Å². The van der Waals surface area contributed by atoms with E-state index in [1.807, 2.05) is 6.07 Å². The number of aliphatic hydroxyl groups excluding tert-OH is 1. The molecular weight excluding hydrogens is 255 g/mol. The van der Waals surface area contributed by atoms with Gasteiger partial charge in [0.15, 0.2) is 0 Å². The van der Waals surface area contributed by atoms with Crippen LogP contribution in [-0.4, -0.2) is 5.11 Å². The Kier molecular flexibility index (Phi) is 6.32. The van der Waals surface area contributed by atoms with Gasteiger partial charge in [0, 0.05) is 10.0 Å². The van der Waals surface area contributed by atoms with Crippen LogP contribution in [0.15, 0.2) is 18.2 Å². The molecule has 3 heteroatoms. The highest BCUT2D eigenvalue weighted by atomic mass is 35.5. The first-order valence-electron chi connectivity index (χ1n) is 6.23. The highest BCUT2D eigenvalue weighted by molar-refractivity contribution is 6.35. The molecule has 1 N–H and O–H groups in total. The van der Waals surface area contributed by atoms with Gasteiger partial charge in [0.2, 0.25) is 0 Å². The van der Waals surface area contributed by atoms with E-state index in [1.165, 1.54) is 0 Å². The van der Waals surface area contributed by atoms with Gasteiger partial charge >= 0.3 is 0 Å². The van der Waals surface area contributed by atoms with E-state index in [0.717, 1.165) is 31.2 Å². The summed E-state index contributed by atoms with van der Waals surface area (Å²) in [6, 6.07) is 5.29. The predicted octanol–water partition coefficient (Wildman–Crippen LogP) is 5.24. The zero-order valence-electron chi connectivity index (χ0n) is 10.4. The lowest BCUT2D eigenvalue weighted by Gasteiger charge is -2.22. The van der Waals surface area contributed by atoms with E-state index in [-0.39, 0.29) is 5.92 Å². The molecular formula is C14H20Cl2O. The molecule has 0 bridgehead atoms. The Labute approximate surface area is 114 Å². The molecule has 17 heavy (non-hydrogen) atoms. The lowest BCUT2D eigenvalue weighted by Crippen LogP contribution is -2.12. The number of hydrogen-bond donors (Lipinski definition) is 1. The summed E-state index contributed by atoms with van der Waals surface area (Å²) in [5.41, 5.74) is 0.791. The molecule has 1 rings (SSSR count). The Morgan fingerprint density at radius 1 is 1.24 bits per heavy atom. The largest absolute Gasteiger partial charge is 0.388 e. The molecule has 0 saturated heterocycles. The van der Waals surface area contributed by atoms with Crippen LogP contribution in [0, 0.1) is 5.92 Å². The summed E-state index contributed by atoms with van der Waals surface area (Å²) in [6.07, 6.45) is 3.79. The molecule has 0 heterocycles. The number of benzene rings is 1. The summed E-state index contributed by atoms with van der Waals surface area (Å²) in [4.78, 5) is 0. The smallest absolute Gasteiger partial charge is 0.0832 e. The summed E-state index contributed by atoms with van der Waals surface area (Å²) in [5, 5.41) is 11.5. The van der Waals surface area contributed by atoms with Crippen molar-refractivity contribution in [2.45, 2.75) is 45.6 Å². The van der Waals surface area contributed by atoms with Crippen molar-refractivity contribution >= 4 is 23.2 Å². The number of unbranched alkanes of at least 4 members (excludes halogenated alkanes) is 1. The third kappa shape index (κ3) is 4.17. The SMILES string of the molecule is CCCCC(CC)C(O)c1ccc(Cl)cc1Cl. The summed E-state index contributed by atoms with van der Waals surface area (Å²) in [5.74, 6) is 0.272. The molecule has 0 saturated carbocycles. The first-order chi connectivity index (χ1) is 8.10. The zero-order valence-corrected chi connectivity index (χ0v) is 11.9. The van der Waals surface area contributed by atoms with E-state index in [0.29, 0.717) is 10.0 Å². The maximum absolute atomic E-state index is 10.4. The van der Waals surface area contributed by atoms with Crippen LogP contribution < -0.4 is 0 Å². The normalized spacial score (nSPS) is 14.6. The van der Waals surface area contributed by atoms with Crippen LogP contribution in [0.2, 0.25) is 10.0 Å². The van der Waals surface area contributed by atoms with Crippen LogP contribution in [0.25, 0.3) is 0 Å². The average molecular weight is 275 g/mol. The third-order valence-corrected chi connectivity index (χ3v) is 3.74. The molecule has 0 amide bonds. The van der Waals surface area contributed by atoms with Gasteiger partial charge in [-0.15, -0.1) is 0 Å². The van der Waals surface area contributed by atoms with Crippen LogP contribution in [0.1, 0.15) is 51.2 Å². The van der Waals surface area contributed by atoms with Gasteiger partial charge in [-0.3, -0.25) is 0 Å². The van der Waals surface area contributed by atoms with Gasteiger partial charge in [-0.2, -0.15) is 0 Å². The lowest BCUT2D eigenvalue weighted by atomic mass is 9.89. The second-order valence-corrected chi connectivity index (χ2v) is 5.26. The van der Waals surface area contributed by atoms with Crippen LogP contribution in [-0.2, 0) is 0 Å². The number of halogens is 2. The van der Waals surface area contributed by atoms with Crippen molar-refractivity contribution in [3.05, 3.63) is 33.8 Å². The Hall–Kier alpha value is -0.240. The molecule has 2 atom stereocenters. The quantitative estimate of drug-likeness (QED) is 0.752. The van der Waals surface area contributed by atoms with Crippen molar-refractivity contribution in [1.82, 2.24) is 0 Å². The fraction of sp³-hybridized carbons (Fsp3) is 0.571. The van der Waals surface area contributed by atoms with E-state index in [4.69, 9.17) is 23.2 Å². The van der Waals surface area contributed by atoms with Gasteiger partial charge in [-0.05, 0) is 30.0 Å². The van der Waals surface area contributed by atoms with E-state index in [2.05, 4.69) is 13.8 Å². The van der Waals surface area contributed by atoms with E-state index < -0.39 is 6.10 Å². The standard InChI is InChI=1S/C14H20Cl2O/c1-3-5-6-10(4-2)14(17)12-8-7-11(15)9-13(12)16/h7-10,14,17H,3-6H2,1-2H3. The molecule has 0 spiro atoms. The summed E-state index contributed by atoms with van der Waals surface area (Å²) in [6.45, 7) is 4.27. The van der Waals surface area contributed by atoms with Gasteiger partial charge in [-0.1, -0.05) is 62.4 Å². The third-order valence-electron chi connectivity index (χ3n) is 3.18. The topological polar surface area (TPSA) is 20.2 Å². The number of rotatable bonds is 6. The Morgan fingerprint density at radius 3 is 2.47 bits per heavy atom. The second kappa shape index (κ2) is 7.25. The molecule has 0 fully saturated rings. The van der Waals surface area contributed by atoms with Gasteiger partial charge < -0.3 is 5.11 Å². The highest BCUT2D eigenvalue weighted by Gasteiger charge is 2.20. The minimum absolute atomic E-state index is 0.272. The van der Waals surface area contributed by atoms with E-state index >= 15 is 0 Å². The van der Waals surface area contributed by atoms with Crippen molar-refractivity contribution in [3.8, 4) is 0 Å². The Balaban J connectivity index is 2.81. The maximum Gasteiger partial charge on any atom is 0.0832 e. The fourth-order valence-corrected chi connectivity index (χ4v) is 2.57. The van der Waals surface area contributed by atoms with Crippen LogP contribution in [0.4, 0.5) is 0 Å². The van der Waals surface area contributed by atoms with Crippen LogP contribution in [0.5, 0.6) is 0 Å². The van der Waals surface area contributed by atoms with Gasteiger partial charge in [-0.25, -0.2) is 0 Å². The highest BCUT2D eigenvalue weighted by Crippen LogP contribution is 2.34. The molecule has 0 aromatic heterocycles. The molecule has 2 unspecified atom stereocenters. The minimum atomic E-state index is -0.490. The van der Waals surface area contributed by atoms with Crippen molar-refractivity contribution < 1.29 is 5.11 Å². The van der Waals surface area contributed by atoms with Crippen molar-refractivity contribution in [3.63, 3.8) is 0 Å². The monoisotopic (exact) mass is 274 g/mol. The molecule has 96 valence electrons. The van der Waals surface area contributed by atoms with E-state index in [1.54, 1.807) is 12.1 Å². The summed E-state index contributed by atoms with van der Waals surface area (Å²) in [7, 11) is 0.